The van der Waals surface area contributed by atoms with Crippen molar-refractivity contribution in [2.24, 2.45) is 10.9 Å². The maximum atomic E-state index is 9.91. The molecular weight excluding hydrogens is 138 g/mol. The van der Waals surface area contributed by atoms with E-state index in [-0.39, 0.29) is 0 Å². The largest absolute Gasteiger partial charge is 0.240 e. The molecule has 0 aromatic rings. The van der Waals surface area contributed by atoms with Crippen molar-refractivity contribution in [3.63, 3.8) is 0 Å². The van der Waals surface area contributed by atoms with Gasteiger partial charge in [-0.3, -0.25) is 0 Å². The van der Waals surface area contributed by atoms with E-state index in [4.69, 9.17) is 0 Å². The van der Waals surface area contributed by atoms with E-state index in [2.05, 4.69) is 4.99 Å². The lowest BCUT2D eigenvalue weighted by atomic mass is 10.1. The van der Waals surface area contributed by atoms with Gasteiger partial charge in [0.05, 0.1) is 5.70 Å². The number of isocyanates is 1. The van der Waals surface area contributed by atoms with Crippen molar-refractivity contribution in [3.8, 4) is 0 Å². The van der Waals surface area contributed by atoms with Crippen LogP contribution in [0.3, 0.4) is 0 Å². The third-order valence-corrected chi connectivity index (χ3v) is 1.40. The molecule has 0 heterocycles. The number of hydrogen-bond donors (Lipinski definition) is 0. The Morgan fingerprint density at radius 2 is 2.36 bits per heavy atom. The summed E-state index contributed by atoms with van der Waals surface area (Å²) in [6.45, 7) is 2.03. The van der Waals surface area contributed by atoms with Gasteiger partial charge >= 0.3 is 0 Å². The molecule has 0 aliphatic heterocycles. The molecule has 11 heavy (non-hydrogen) atoms. The smallest absolute Gasteiger partial charge is 0.211 e. The Hall–Kier alpha value is -1.40. The van der Waals surface area contributed by atoms with Crippen LogP contribution in [0.1, 0.15) is 6.92 Å². The lowest BCUT2D eigenvalue weighted by Crippen LogP contribution is -1.82. The third kappa shape index (κ3) is 2.36. The van der Waals surface area contributed by atoms with Crippen molar-refractivity contribution in [2.45, 2.75) is 6.92 Å². The molecule has 1 aliphatic carbocycles. The van der Waals surface area contributed by atoms with E-state index in [0.29, 0.717) is 11.6 Å². The Kier molecular flexibility index (Phi) is 2.59. The summed E-state index contributed by atoms with van der Waals surface area (Å²) in [5, 5.41) is 0. The fraction of sp³-hybridized carbons (Fsp3) is 0.222. The van der Waals surface area contributed by atoms with Crippen LogP contribution in [0.15, 0.2) is 41.1 Å². The van der Waals surface area contributed by atoms with Crippen LogP contribution in [0.4, 0.5) is 0 Å². The highest BCUT2D eigenvalue weighted by Crippen LogP contribution is 2.10. The number of allylic oxidation sites excluding steroid dienone is 5. The molecule has 0 spiro atoms. The van der Waals surface area contributed by atoms with Gasteiger partial charge < -0.3 is 0 Å². The summed E-state index contributed by atoms with van der Waals surface area (Å²) in [6, 6.07) is 0. The Labute approximate surface area is 65.6 Å². The van der Waals surface area contributed by atoms with Gasteiger partial charge in [0.1, 0.15) is 0 Å². The minimum absolute atomic E-state index is 0.331. The van der Waals surface area contributed by atoms with E-state index in [0.717, 1.165) is 0 Å². The molecule has 1 rings (SSSR count). The Balaban J connectivity index is 2.87. The van der Waals surface area contributed by atoms with Crippen LogP contribution in [0.2, 0.25) is 0 Å². The molecule has 1 aliphatic rings. The first-order valence-corrected chi connectivity index (χ1v) is 3.47. The van der Waals surface area contributed by atoms with Gasteiger partial charge in [0.15, 0.2) is 0 Å². The topological polar surface area (TPSA) is 29.4 Å². The van der Waals surface area contributed by atoms with Crippen LogP contribution in [0.5, 0.6) is 0 Å². The van der Waals surface area contributed by atoms with E-state index in [1.807, 2.05) is 31.2 Å². The first kappa shape index (κ1) is 7.70. The van der Waals surface area contributed by atoms with Gasteiger partial charge in [-0.1, -0.05) is 31.2 Å². The Morgan fingerprint density at radius 3 is 3.09 bits per heavy atom. The quantitative estimate of drug-likeness (QED) is 0.412. The Morgan fingerprint density at radius 1 is 1.55 bits per heavy atom. The number of carbonyl (C=O) groups excluding carboxylic acids is 1. The highest BCUT2D eigenvalue weighted by Gasteiger charge is 1.96. The average molecular weight is 147 g/mol. The maximum Gasteiger partial charge on any atom is 0.240 e. The molecule has 1 unspecified atom stereocenters. The SMILES string of the molecule is CC1C=CC=CC(N=C=O)=C1. The predicted octanol–water partition coefficient (Wildman–Crippen LogP) is 1.97. The zero-order valence-corrected chi connectivity index (χ0v) is 6.32. The van der Waals surface area contributed by atoms with Crippen molar-refractivity contribution in [2.75, 3.05) is 0 Å². The van der Waals surface area contributed by atoms with Crippen LogP contribution in [0, 0.1) is 5.92 Å². The highest BCUT2D eigenvalue weighted by atomic mass is 16.1. The van der Waals surface area contributed by atoms with Gasteiger partial charge in [-0.15, -0.1) is 0 Å². The van der Waals surface area contributed by atoms with Gasteiger partial charge in [0, 0.05) is 0 Å². The molecule has 0 N–H and O–H groups in total. The van der Waals surface area contributed by atoms with Gasteiger partial charge in [-0.05, 0) is 12.0 Å². The maximum absolute atomic E-state index is 9.91. The normalized spacial score (nSPS) is 21.9. The molecule has 0 amide bonds. The molecule has 2 nitrogen and oxygen atoms in total. The Bertz CT molecular complexity index is 267. The van der Waals surface area contributed by atoms with Gasteiger partial charge in [0.2, 0.25) is 6.08 Å². The fourth-order valence-corrected chi connectivity index (χ4v) is 0.901. The van der Waals surface area contributed by atoms with E-state index in [1.165, 1.54) is 6.08 Å². The van der Waals surface area contributed by atoms with Gasteiger partial charge in [-0.25, -0.2) is 4.79 Å². The van der Waals surface area contributed by atoms with Crippen molar-refractivity contribution < 1.29 is 4.79 Å². The molecule has 0 fully saturated rings. The third-order valence-electron chi connectivity index (χ3n) is 1.40. The molecule has 0 saturated heterocycles. The van der Waals surface area contributed by atoms with E-state index in [1.54, 1.807) is 6.08 Å². The van der Waals surface area contributed by atoms with Crippen molar-refractivity contribution in [1.82, 2.24) is 0 Å². The zero-order valence-electron chi connectivity index (χ0n) is 6.32. The number of aliphatic imine (C=N–C) groups is 1. The second kappa shape index (κ2) is 3.69. The molecule has 0 saturated carbocycles. The lowest BCUT2D eigenvalue weighted by molar-refractivity contribution is 0.565. The minimum atomic E-state index is 0.331. The molecule has 0 radical (unpaired) electrons. The van der Waals surface area contributed by atoms with Crippen molar-refractivity contribution >= 4 is 6.08 Å². The molecular formula is C9H9NO. The fourth-order valence-electron chi connectivity index (χ4n) is 0.901. The molecule has 56 valence electrons. The number of nitrogens with zero attached hydrogens (tertiary/aromatic N) is 1. The predicted molar refractivity (Wildman–Crippen MR) is 43.6 cm³/mol. The molecule has 0 bridgehead atoms. The summed E-state index contributed by atoms with van der Waals surface area (Å²) in [7, 11) is 0. The van der Waals surface area contributed by atoms with Crippen LogP contribution >= 0.6 is 0 Å². The summed E-state index contributed by atoms with van der Waals surface area (Å²) < 4.78 is 0. The molecule has 1 atom stereocenters. The second-order valence-electron chi connectivity index (χ2n) is 2.40. The van der Waals surface area contributed by atoms with Gasteiger partial charge in [0.25, 0.3) is 0 Å². The average Bonchev–Trinajstić information content (AvgIpc) is 2.15. The van der Waals surface area contributed by atoms with E-state index >= 15 is 0 Å². The van der Waals surface area contributed by atoms with Crippen LogP contribution in [0.25, 0.3) is 0 Å². The lowest BCUT2D eigenvalue weighted by Gasteiger charge is -1.94. The molecule has 2 heteroatoms. The zero-order chi connectivity index (χ0) is 8.10. The molecule has 0 aromatic heterocycles. The minimum Gasteiger partial charge on any atom is -0.211 e. The summed E-state index contributed by atoms with van der Waals surface area (Å²) in [5.41, 5.74) is 0.678. The van der Waals surface area contributed by atoms with E-state index in [9.17, 15) is 4.79 Å². The van der Waals surface area contributed by atoms with Crippen LogP contribution in [-0.2, 0) is 4.79 Å². The first-order valence-electron chi connectivity index (χ1n) is 3.47. The van der Waals surface area contributed by atoms with Crippen molar-refractivity contribution in [3.05, 3.63) is 36.1 Å². The summed E-state index contributed by atoms with van der Waals surface area (Å²) in [5.74, 6) is 0.331. The van der Waals surface area contributed by atoms with E-state index < -0.39 is 0 Å². The standard InChI is InChI=1S/C9H9NO/c1-8-4-2-3-5-9(6-8)10-7-11/h2-6,8H,1H3. The summed E-state index contributed by atoms with van der Waals surface area (Å²) in [6.07, 6.45) is 11.0. The van der Waals surface area contributed by atoms with Gasteiger partial charge in [-0.2, -0.15) is 4.99 Å². The molecule has 0 aromatic carbocycles. The first-order chi connectivity index (χ1) is 5.33. The summed E-state index contributed by atoms with van der Waals surface area (Å²) in [4.78, 5) is 13.4. The number of hydrogen-bond acceptors (Lipinski definition) is 2. The van der Waals surface area contributed by atoms with Crippen molar-refractivity contribution in [1.29, 1.82) is 0 Å². The van der Waals surface area contributed by atoms with Crippen LogP contribution < -0.4 is 0 Å². The monoisotopic (exact) mass is 147 g/mol. The summed E-state index contributed by atoms with van der Waals surface area (Å²) >= 11 is 0. The second-order valence-corrected chi connectivity index (χ2v) is 2.40. The number of rotatable bonds is 1. The van der Waals surface area contributed by atoms with Crippen LogP contribution in [-0.4, -0.2) is 6.08 Å². The highest BCUT2D eigenvalue weighted by molar-refractivity contribution is 5.41.